The highest BCUT2D eigenvalue weighted by atomic mass is 35.5. The van der Waals surface area contributed by atoms with Crippen molar-refractivity contribution in [2.75, 3.05) is 11.2 Å². The zero-order valence-corrected chi connectivity index (χ0v) is 10.2. The van der Waals surface area contributed by atoms with Crippen LogP contribution in [0.1, 0.15) is 13.8 Å². The van der Waals surface area contributed by atoms with Crippen LogP contribution in [0.5, 0.6) is 0 Å². The van der Waals surface area contributed by atoms with Gasteiger partial charge in [-0.1, -0.05) is 36.9 Å². The Hall–Kier alpha value is -0.330. The van der Waals surface area contributed by atoms with Gasteiger partial charge in [0.05, 0.1) is 0 Å². The lowest BCUT2D eigenvalue weighted by atomic mass is 10.6. The van der Waals surface area contributed by atoms with E-state index in [1.54, 1.807) is 11.8 Å². The van der Waals surface area contributed by atoms with Crippen molar-refractivity contribution >= 4 is 45.7 Å². The topological polar surface area (TPSA) is 54.9 Å². The fourth-order valence-electron chi connectivity index (χ4n) is 0.662. The molecule has 1 aromatic rings. The highest BCUT2D eigenvalue weighted by molar-refractivity contribution is 8.01. The standard InChI is InChI=1S/C7H10ClN3OS2/c1-4(2)13-7-11-10-6(14-7)9-5(12)3-8/h4H,3H2,1-2H3,(H,9,10,12). The third kappa shape index (κ3) is 3.81. The molecule has 0 unspecified atom stereocenters. The van der Waals surface area contributed by atoms with E-state index in [4.69, 9.17) is 11.6 Å². The van der Waals surface area contributed by atoms with Crippen LogP contribution in [0, 0.1) is 0 Å². The van der Waals surface area contributed by atoms with Gasteiger partial charge in [-0.2, -0.15) is 0 Å². The number of carbonyl (C=O) groups excluding carboxylic acids is 1. The fraction of sp³-hybridized carbons (Fsp3) is 0.571. The summed E-state index contributed by atoms with van der Waals surface area (Å²) in [6.07, 6.45) is 0. The number of hydrogen-bond donors (Lipinski definition) is 1. The summed E-state index contributed by atoms with van der Waals surface area (Å²) in [5, 5.41) is 11.2. The van der Waals surface area contributed by atoms with Gasteiger partial charge in [-0.05, 0) is 0 Å². The predicted molar refractivity (Wildman–Crippen MR) is 60.3 cm³/mol. The largest absolute Gasteiger partial charge is 0.299 e. The first-order chi connectivity index (χ1) is 6.61. The van der Waals surface area contributed by atoms with Crippen LogP contribution >= 0.6 is 34.7 Å². The van der Waals surface area contributed by atoms with Crippen molar-refractivity contribution in [2.45, 2.75) is 23.4 Å². The minimum Gasteiger partial charge on any atom is -0.299 e. The van der Waals surface area contributed by atoms with Crippen molar-refractivity contribution in [3.05, 3.63) is 0 Å². The SMILES string of the molecule is CC(C)Sc1nnc(NC(=O)CCl)s1. The number of rotatable bonds is 4. The Labute approximate surface area is 95.4 Å². The van der Waals surface area contributed by atoms with Gasteiger partial charge in [-0.25, -0.2) is 0 Å². The molecular weight excluding hydrogens is 242 g/mol. The third-order valence-corrected chi connectivity index (χ3v) is 3.28. The molecule has 0 saturated heterocycles. The molecule has 14 heavy (non-hydrogen) atoms. The van der Waals surface area contributed by atoms with Gasteiger partial charge in [0.1, 0.15) is 5.88 Å². The van der Waals surface area contributed by atoms with Crippen molar-refractivity contribution in [2.24, 2.45) is 0 Å². The van der Waals surface area contributed by atoms with Gasteiger partial charge in [-0.3, -0.25) is 10.1 Å². The molecule has 0 fully saturated rings. The van der Waals surface area contributed by atoms with Gasteiger partial charge in [0.25, 0.3) is 0 Å². The molecule has 1 amide bonds. The Morgan fingerprint density at radius 2 is 2.36 bits per heavy atom. The van der Waals surface area contributed by atoms with Crippen LogP contribution in [0.2, 0.25) is 0 Å². The molecule has 1 heterocycles. The van der Waals surface area contributed by atoms with E-state index in [-0.39, 0.29) is 11.8 Å². The van der Waals surface area contributed by atoms with Crippen molar-refractivity contribution < 1.29 is 4.79 Å². The van der Waals surface area contributed by atoms with E-state index in [9.17, 15) is 4.79 Å². The summed E-state index contributed by atoms with van der Waals surface area (Å²) in [6.45, 7) is 4.15. The van der Waals surface area contributed by atoms with E-state index in [1.807, 2.05) is 0 Å². The van der Waals surface area contributed by atoms with Gasteiger partial charge >= 0.3 is 0 Å². The van der Waals surface area contributed by atoms with Crippen LogP contribution in [0.3, 0.4) is 0 Å². The number of halogens is 1. The molecule has 4 nitrogen and oxygen atoms in total. The number of carbonyl (C=O) groups is 1. The van der Waals surface area contributed by atoms with Gasteiger partial charge < -0.3 is 0 Å². The highest BCUT2D eigenvalue weighted by Crippen LogP contribution is 2.28. The molecule has 1 rings (SSSR count). The van der Waals surface area contributed by atoms with Crippen LogP contribution in [0.4, 0.5) is 5.13 Å². The van der Waals surface area contributed by atoms with E-state index in [0.717, 1.165) is 4.34 Å². The maximum atomic E-state index is 10.9. The van der Waals surface area contributed by atoms with Crippen LogP contribution < -0.4 is 5.32 Å². The van der Waals surface area contributed by atoms with Crippen molar-refractivity contribution in [1.82, 2.24) is 10.2 Å². The average Bonchev–Trinajstić information content (AvgIpc) is 2.51. The second kappa shape index (κ2) is 5.53. The van der Waals surface area contributed by atoms with E-state index in [2.05, 4.69) is 29.4 Å². The van der Waals surface area contributed by atoms with Gasteiger partial charge in [0.15, 0.2) is 4.34 Å². The number of nitrogens with one attached hydrogen (secondary N) is 1. The average molecular weight is 252 g/mol. The van der Waals surface area contributed by atoms with Crippen LogP contribution in [-0.4, -0.2) is 27.2 Å². The van der Waals surface area contributed by atoms with E-state index < -0.39 is 0 Å². The Bertz CT molecular complexity index is 316. The normalized spacial score (nSPS) is 10.6. The number of thioether (sulfide) groups is 1. The molecule has 0 bridgehead atoms. The lowest BCUT2D eigenvalue weighted by Crippen LogP contribution is -2.12. The smallest absolute Gasteiger partial charge is 0.241 e. The van der Waals surface area contributed by atoms with Crippen LogP contribution in [-0.2, 0) is 4.79 Å². The molecule has 0 aliphatic heterocycles. The third-order valence-electron chi connectivity index (χ3n) is 1.11. The molecule has 7 heteroatoms. The maximum absolute atomic E-state index is 10.9. The first-order valence-corrected chi connectivity index (χ1v) is 6.21. The Morgan fingerprint density at radius 1 is 1.64 bits per heavy atom. The molecule has 1 aromatic heterocycles. The summed E-state index contributed by atoms with van der Waals surface area (Å²) >= 11 is 8.30. The van der Waals surface area contributed by atoms with Crippen molar-refractivity contribution in [3.8, 4) is 0 Å². The number of amides is 1. The fourth-order valence-corrected chi connectivity index (χ4v) is 2.72. The van der Waals surface area contributed by atoms with Crippen LogP contribution in [0.15, 0.2) is 4.34 Å². The molecule has 0 aromatic carbocycles. The monoisotopic (exact) mass is 251 g/mol. The summed E-state index contributed by atoms with van der Waals surface area (Å²) in [5.74, 6) is -0.324. The molecule has 0 radical (unpaired) electrons. The molecule has 1 N–H and O–H groups in total. The summed E-state index contributed by atoms with van der Waals surface area (Å²) in [7, 11) is 0. The van der Waals surface area contributed by atoms with Gasteiger partial charge in [-0.15, -0.1) is 21.8 Å². The zero-order valence-electron chi connectivity index (χ0n) is 7.78. The summed E-state index contributed by atoms with van der Waals surface area (Å²) in [6, 6.07) is 0. The molecule has 0 spiro atoms. The molecule has 0 saturated carbocycles. The molecule has 0 atom stereocenters. The van der Waals surface area contributed by atoms with Gasteiger partial charge in [0.2, 0.25) is 11.0 Å². The lowest BCUT2D eigenvalue weighted by molar-refractivity contribution is -0.113. The summed E-state index contributed by atoms with van der Waals surface area (Å²) in [5.41, 5.74) is 0. The van der Waals surface area contributed by atoms with Crippen LogP contribution in [0.25, 0.3) is 0 Å². The number of aromatic nitrogens is 2. The lowest BCUT2D eigenvalue weighted by Gasteiger charge is -1.97. The number of hydrogen-bond acceptors (Lipinski definition) is 5. The maximum Gasteiger partial charge on any atom is 0.241 e. The van der Waals surface area contributed by atoms with Crippen molar-refractivity contribution in [3.63, 3.8) is 0 Å². The van der Waals surface area contributed by atoms with E-state index >= 15 is 0 Å². The summed E-state index contributed by atoms with van der Waals surface area (Å²) in [4.78, 5) is 10.9. The molecule has 0 aliphatic rings. The first kappa shape index (κ1) is 11.7. The second-order valence-corrected chi connectivity index (χ2v) is 5.79. The van der Waals surface area contributed by atoms with E-state index in [1.165, 1.54) is 11.3 Å². The Kier molecular flexibility index (Phi) is 4.64. The number of anilines is 1. The minimum absolute atomic E-state index is 0.0633. The minimum atomic E-state index is -0.260. The summed E-state index contributed by atoms with van der Waals surface area (Å²) < 4.78 is 0.852. The number of alkyl halides is 1. The molecule has 78 valence electrons. The van der Waals surface area contributed by atoms with E-state index in [0.29, 0.717) is 10.4 Å². The van der Waals surface area contributed by atoms with Crippen molar-refractivity contribution in [1.29, 1.82) is 0 Å². The predicted octanol–water partition coefficient (Wildman–Crippen LogP) is 2.22. The quantitative estimate of drug-likeness (QED) is 0.507. The second-order valence-electron chi connectivity index (χ2n) is 2.72. The highest BCUT2D eigenvalue weighted by Gasteiger charge is 2.08. The zero-order chi connectivity index (χ0) is 10.6. The Balaban J connectivity index is 2.55. The molecule has 0 aliphatic carbocycles. The Morgan fingerprint density at radius 3 is 2.93 bits per heavy atom. The molecular formula is C7H10ClN3OS2. The first-order valence-electron chi connectivity index (χ1n) is 3.97. The number of nitrogens with zero attached hydrogens (tertiary/aromatic N) is 2. The van der Waals surface area contributed by atoms with Gasteiger partial charge in [0, 0.05) is 5.25 Å².